The maximum atomic E-state index is 13.4. The molecule has 0 spiro atoms. The SMILES string of the molecule is Cc1ccc(S(=O)C(F)(F)C(F)(F)C(F)(F)C(F)(F)F)cc1. The van der Waals surface area contributed by atoms with E-state index >= 15 is 0 Å². The summed E-state index contributed by atoms with van der Waals surface area (Å²) < 4.78 is 125. The molecule has 0 saturated carbocycles. The van der Waals surface area contributed by atoms with Crippen LogP contribution in [0, 0.1) is 6.92 Å². The van der Waals surface area contributed by atoms with E-state index < -0.39 is 39.0 Å². The lowest BCUT2D eigenvalue weighted by Gasteiger charge is -2.32. The number of aryl methyl sites for hydroxylation is 1. The van der Waals surface area contributed by atoms with Crippen molar-refractivity contribution in [2.75, 3.05) is 0 Å². The molecule has 0 radical (unpaired) electrons. The molecule has 1 atom stereocenters. The summed E-state index contributed by atoms with van der Waals surface area (Å²) in [5.41, 5.74) is 0.441. The lowest BCUT2D eigenvalue weighted by molar-refractivity contribution is -0.381. The second kappa shape index (κ2) is 5.43. The Balaban J connectivity index is 3.32. The standard InChI is InChI=1S/C11H7F9OS/c1-6-2-4-7(5-3-6)22(21)11(19,20)9(14,15)8(12,13)10(16,17)18/h2-5H,1H3. The van der Waals surface area contributed by atoms with Gasteiger partial charge in [0.25, 0.3) is 0 Å². The normalized spacial score (nSPS) is 15.7. The smallest absolute Gasteiger partial charge is 0.248 e. The van der Waals surface area contributed by atoms with Crippen LogP contribution in [0.5, 0.6) is 0 Å². The molecule has 1 nitrogen and oxygen atoms in total. The van der Waals surface area contributed by atoms with Crippen LogP contribution in [0.25, 0.3) is 0 Å². The summed E-state index contributed by atoms with van der Waals surface area (Å²) in [6.07, 6.45) is -6.93. The maximum absolute atomic E-state index is 13.4. The third-order valence-corrected chi connectivity index (χ3v) is 4.01. The Kier molecular flexibility index (Phi) is 4.63. The molecule has 0 bridgehead atoms. The summed E-state index contributed by atoms with van der Waals surface area (Å²) in [4.78, 5) is -1.01. The Morgan fingerprint density at radius 3 is 1.55 bits per heavy atom. The van der Waals surface area contributed by atoms with Crippen molar-refractivity contribution < 1.29 is 43.7 Å². The molecule has 0 N–H and O–H groups in total. The first kappa shape index (κ1) is 18.8. The fourth-order valence-electron chi connectivity index (χ4n) is 1.29. The molecule has 1 aromatic carbocycles. The highest BCUT2D eigenvalue weighted by atomic mass is 32.2. The molecule has 0 aromatic heterocycles. The zero-order chi connectivity index (χ0) is 17.6. The average molecular weight is 358 g/mol. The molecule has 0 fully saturated rings. The molecular formula is C11H7F9OS. The van der Waals surface area contributed by atoms with Gasteiger partial charge in [-0.2, -0.15) is 39.5 Å². The van der Waals surface area contributed by atoms with Gasteiger partial charge in [-0.1, -0.05) is 17.7 Å². The molecular weight excluding hydrogens is 351 g/mol. The number of rotatable bonds is 4. The summed E-state index contributed by atoms with van der Waals surface area (Å²) in [5, 5.41) is -6.14. The minimum atomic E-state index is -7.05. The lowest BCUT2D eigenvalue weighted by Crippen LogP contribution is -2.62. The van der Waals surface area contributed by atoms with Crippen LogP contribution in [-0.4, -0.2) is 27.5 Å². The summed E-state index contributed by atoms with van der Waals surface area (Å²) in [6.45, 7) is 1.46. The van der Waals surface area contributed by atoms with Gasteiger partial charge in [0.1, 0.15) is 10.8 Å². The van der Waals surface area contributed by atoms with Gasteiger partial charge in [-0.15, -0.1) is 0 Å². The van der Waals surface area contributed by atoms with Crippen molar-refractivity contribution >= 4 is 10.8 Å². The molecule has 22 heavy (non-hydrogen) atoms. The van der Waals surface area contributed by atoms with Crippen LogP contribution >= 0.6 is 0 Å². The Morgan fingerprint density at radius 2 is 1.18 bits per heavy atom. The maximum Gasteiger partial charge on any atom is 0.460 e. The van der Waals surface area contributed by atoms with E-state index in [4.69, 9.17) is 0 Å². The van der Waals surface area contributed by atoms with Gasteiger partial charge in [-0.25, -0.2) is 4.21 Å². The van der Waals surface area contributed by atoms with Gasteiger partial charge < -0.3 is 0 Å². The number of halogens is 9. The van der Waals surface area contributed by atoms with Crippen molar-refractivity contribution in [2.45, 2.75) is 35.1 Å². The summed E-state index contributed by atoms with van der Waals surface area (Å²) in [7, 11) is -4.12. The molecule has 1 unspecified atom stereocenters. The second-order valence-electron chi connectivity index (χ2n) is 4.25. The fraction of sp³-hybridized carbons (Fsp3) is 0.455. The second-order valence-corrected chi connectivity index (χ2v) is 5.77. The van der Waals surface area contributed by atoms with Crippen molar-refractivity contribution in [3.8, 4) is 0 Å². The van der Waals surface area contributed by atoms with Crippen molar-refractivity contribution in [3.63, 3.8) is 0 Å². The number of hydrogen-bond acceptors (Lipinski definition) is 1. The predicted octanol–water partition coefficient (Wildman–Crippen LogP) is 4.53. The molecule has 126 valence electrons. The Labute approximate surface area is 120 Å². The highest BCUT2D eigenvalue weighted by Crippen LogP contribution is 2.54. The van der Waals surface area contributed by atoms with Gasteiger partial charge in [0.05, 0.1) is 0 Å². The van der Waals surface area contributed by atoms with Gasteiger partial charge >= 0.3 is 23.3 Å². The van der Waals surface area contributed by atoms with Crippen LogP contribution in [-0.2, 0) is 10.8 Å². The highest BCUT2D eigenvalue weighted by molar-refractivity contribution is 7.86. The largest absolute Gasteiger partial charge is 0.460 e. The number of hydrogen-bond donors (Lipinski definition) is 0. The molecule has 1 aromatic rings. The molecule has 0 saturated heterocycles. The van der Waals surface area contributed by atoms with Gasteiger partial charge in [-0.05, 0) is 19.1 Å². The zero-order valence-corrected chi connectivity index (χ0v) is 11.3. The van der Waals surface area contributed by atoms with E-state index in [1.807, 2.05) is 0 Å². The molecule has 0 amide bonds. The van der Waals surface area contributed by atoms with E-state index in [0.29, 0.717) is 17.7 Å². The van der Waals surface area contributed by atoms with Gasteiger partial charge in [0.15, 0.2) is 0 Å². The van der Waals surface area contributed by atoms with Crippen LogP contribution in [0.1, 0.15) is 5.56 Å². The average Bonchev–Trinajstić information content (AvgIpc) is 2.37. The van der Waals surface area contributed by atoms with E-state index in [1.54, 1.807) is 0 Å². The molecule has 0 aliphatic heterocycles. The van der Waals surface area contributed by atoms with Crippen LogP contribution in [0.2, 0.25) is 0 Å². The third kappa shape index (κ3) is 2.82. The summed E-state index contributed by atoms with van der Waals surface area (Å²) in [6, 6.07) is 3.45. The van der Waals surface area contributed by atoms with Crippen LogP contribution < -0.4 is 0 Å². The highest BCUT2D eigenvalue weighted by Gasteiger charge is 2.83. The van der Waals surface area contributed by atoms with Crippen LogP contribution in [0.3, 0.4) is 0 Å². The quantitative estimate of drug-likeness (QED) is 0.723. The van der Waals surface area contributed by atoms with Gasteiger partial charge in [0.2, 0.25) is 0 Å². The predicted molar refractivity (Wildman–Crippen MR) is 58.5 cm³/mol. The van der Waals surface area contributed by atoms with Crippen LogP contribution in [0.15, 0.2) is 29.2 Å². The van der Waals surface area contributed by atoms with E-state index in [0.717, 1.165) is 12.1 Å². The monoisotopic (exact) mass is 358 g/mol. The van der Waals surface area contributed by atoms with E-state index in [1.165, 1.54) is 6.92 Å². The van der Waals surface area contributed by atoms with Crippen molar-refractivity contribution in [3.05, 3.63) is 29.8 Å². The van der Waals surface area contributed by atoms with E-state index in [-0.39, 0.29) is 0 Å². The van der Waals surface area contributed by atoms with Crippen molar-refractivity contribution in [1.29, 1.82) is 0 Å². The fourth-order valence-corrected chi connectivity index (χ4v) is 2.33. The van der Waals surface area contributed by atoms with Gasteiger partial charge in [0, 0.05) is 4.90 Å². The minimum Gasteiger partial charge on any atom is -0.248 e. The van der Waals surface area contributed by atoms with Crippen LogP contribution in [0.4, 0.5) is 39.5 Å². The number of alkyl halides is 9. The van der Waals surface area contributed by atoms with E-state index in [2.05, 4.69) is 0 Å². The molecule has 0 aliphatic rings. The first-order valence-electron chi connectivity index (χ1n) is 5.35. The first-order valence-corrected chi connectivity index (χ1v) is 6.50. The Morgan fingerprint density at radius 1 is 0.773 bits per heavy atom. The third-order valence-electron chi connectivity index (χ3n) is 2.58. The molecule has 0 heterocycles. The minimum absolute atomic E-state index is 0.441. The molecule has 1 rings (SSSR count). The van der Waals surface area contributed by atoms with Gasteiger partial charge in [-0.3, -0.25) is 0 Å². The topological polar surface area (TPSA) is 17.1 Å². The first-order chi connectivity index (χ1) is 9.66. The molecule has 0 aliphatic carbocycles. The summed E-state index contributed by atoms with van der Waals surface area (Å²) >= 11 is 0. The zero-order valence-electron chi connectivity index (χ0n) is 10.5. The Hall–Kier alpha value is -1.26. The lowest BCUT2D eigenvalue weighted by atomic mass is 10.1. The number of benzene rings is 1. The molecule has 11 heteroatoms. The van der Waals surface area contributed by atoms with Crippen molar-refractivity contribution in [1.82, 2.24) is 0 Å². The summed E-state index contributed by atoms with van der Waals surface area (Å²) in [5.74, 6) is -13.9. The van der Waals surface area contributed by atoms with E-state index in [9.17, 15) is 43.7 Å². The van der Waals surface area contributed by atoms with Crippen molar-refractivity contribution in [2.24, 2.45) is 0 Å². The Bertz CT molecular complexity index is 562.